The highest BCUT2D eigenvalue weighted by Crippen LogP contribution is 2.24. The standard InChI is InChI=1S/C3H5F2NO2S/c1-8-2(7)3(4,5)9-6/h6H2,1H3. The van der Waals surface area contributed by atoms with Crippen molar-refractivity contribution in [2.24, 2.45) is 5.14 Å². The first-order chi connectivity index (χ1) is 4.04. The molecule has 0 fully saturated rings. The first-order valence-corrected chi connectivity index (χ1v) is 2.76. The molecule has 9 heavy (non-hydrogen) atoms. The second kappa shape index (κ2) is 2.98. The second-order valence-electron chi connectivity index (χ2n) is 1.13. The van der Waals surface area contributed by atoms with E-state index in [0.717, 1.165) is 7.11 Å². The molecule has 0 aliphatic rings. The predicted octanol–water partition coefficient (Wildman–Crippen LogP) is 0.359. The van der Waals surface area contributed by atoms with Gasteiger partial charge in [0.25, 0.3) is 0 Å². The summed E-state index contributed by atoms with van der Waals surface area (Å²) < 4.78 is 27.5. The van der Waals surface area contributed by atoms with Crippen molar-refractivity contribution in [3.8, 4) is 0 Å². The summed E-state index contributed by atoms with van der Waals surface area (Å²) in [4.78, 5) is 9.99. The molecule has 0 aromatic heterocycles. The highest BCUT2D eigenvalue weighted by Gasteiger charge is 2.39. The van der Waals surface area contributed by atoms with Crippen LogP contribution in [0.4, 0.5) is 8.78 Å². The normalized spacial score (nSPS) is 11.1. The Kier molecular flexibility index (Phi) is 2.86. The van der Waals surface area contributed by atoms with Gasteiger partial charge in [0, 0.05) is 11.9 Å². The third-order valence-corrected chi connectivity index (χ3v) is 1.03. The van der Waals surface area contributed by atoms with Crippen molar-refractivity contribution in [3.05, 3.63) is 0 Å². The maximum atomic E-state index is 11.9. The lowest BCUT2D eigenvalue weighted by Gasteiger charge is -2.07. The van der Waals surface area contributed by atoms with Crippen LogP contribution < -0.4 is 5.14 Å². The van der Waals surface area contributed by atoms with Crippen LogP contribution in [0.25, 0.3) is 0 Å². The van der Waals surface area contributed by atoms with E-state index in [0.29, 0.717) is 0 Å². The third-order valence-electron chi connectivity index (χ3n) is 0.571. The molecule has 0 bridgehead atoms. The van der Waals surface area contributed by atoms with Gasteiger partial charge in [0.15, 0.2) is 0 Å². The molecule has 0 aliphatic carbocycles. The van der Waals surface area contributed by atoms with Crippen molar-refractivity contribution in [2.45, 2.75) is 5.25 Å². The minimum Gasteiger partial charge on any atom is -0.464 e. The molecule has 0 aromatic carbocycles. The summed E-state index contributed by atoms with van der Waals surface area (Å²) in [5.41, 5.74) is 0. The quantitative estimate of drug-likeness (QED) is 0.464. The number of esters is 1. The van der Waals surface area contributed by atoms with Crippen molar-refractivity contribution in [1.82, 2.24) is 0 Å². The van der Waals surface area contributed by atoms with Crippen LogP contribution >= 0.6 is 11.9 Å². The monoisotopic (exact) mass is 157 g/mol. The molecule has 0 amide bonds. The van der Waals surface area contributed by atoms with Crippen LogP contribution in [0.3, 0.4) is 0 Å². The fraction of sp³-hybridized carbons (Fsp3) is 0.667. The molecule has 0 spiro atoms. The van der Waals surface area contributed by atoms with Gasteiger partial charge in [-0.1, -0.05) is 0 Å². The number of ether oxygens (including phenoxy) is 1. The van der Waals surface area contributed by atoms with E-state index >= 15 is 0 Å². The Morgan fingerprint density at radius 1 is 1.78 bits per heavy atom. The van der Waals surface area contributed by atoms with Gasteiger partial charge in [-0.25, -0.2) is 4.79 Å². The number of methoxy groups -OCH3 is 1. The fourth-order valence-electron chi connectivity index (χ4n) is 0.167. The zero-order valence-electron chi connectivity index (χ0n) is 4.56. The average molecular weight is 157 g/mol. The second-order valence-corrected chi connectivity index (χ2v) is 1.87. The maximum Gasteiger partial charge on any atom is 0.401 e. The van der Waals surface area contributed by atoms with E-state index in [1.165, 1.54) is 0 Å². The third kappa shape index (κ3) is 2.15. The van der Waals surface area contributed by atoms with Crippen LogP contribution in [0.15, 0.2) is 0 Å². The molecule has 3 nitrogen and oxygen atoms in total. The van der Waals surface area contributed by atoms with Crippen LogP contribution in [-0.4, -0.2) is 18.3 Å². The number of carbonyl (C=O) groups is 1. The number of alkyl halides is 2. The van der Waals surface area contributed by atoms with Crippen molar-refractivity contribution in [2.75, 3.05) is 7.11 Å². The van der Waals surface area contributed by atoms with Crippen molar-refractivity contribution < 1.29 is 18.3 Å². The molecule has 0 heterocycles. The summed E-state index contributed by atoms with van der Waals surface area (Å²) in [5.74, 6) is -1.63. The van der Waals surface area contributed by atoms with Gasteiger partial charge in [-0.05, 0) is 0 Å². The summed E-state index contributed by atoms with van der Waals surface area (Å²) in [6.07, 6.45) is 0. The van der Waals surface area contributed by atoms with Gasteiger partial charge in [-0.2, -0.15) is 8.78 Å². The Bertz CT molecular complexity index is 118. The Labute approximate surface area is 54.7 Å². The summed E-state index contributed by atoms with van der Waals surface area (Å²) in [7, 11) is 0.868. The van der Waals surface area contributed by atoms with E-state index in [1.807, 2.05) is 0 Å². The van der Waals surface area contributed by atoms with E-state index in [4.69, 9.17) is 0 Å². The SMILES string of the molecule is COC(=O)C(F)(F)SN. The molecule has 0 atom stereocenters. The van der Waals surface area contributed by atoms with E-state index in [9.17, 15) is 13.6 Å². The van der Waals surface area contributed by atoms with Crippen LogP contribution in [0.2, 0.25) is 0 Å². The van der Waals surface area contributed by atoms with Crippen LogP contribution in [-0.2, 0) is 9.53 Å². The summed E-state index contributed by atoms with van der Waals surface area (Å²) in [5, 5.41) is 0.832. The van der Waals surface area contributed by atoms with E-state index < -0.39 is 11.2 Å². The van der Waals surface area contributed by atoms with Crippen molar-refractivity contribution in [3.63, 3.8) is 0 Å². The highest BCUT2D eigenvalue weighted by molar-refractivity contribution is 7.98. The zero-order valence-corrected chi connectivity index (χ0v) is 5.37. The molecule has 2 N–H and O–H groups in total. The molecular formula is C3H5F2NO2S. The summed E-state index contributed by atoms with van der Waals surface area (Å²) in [6.45, 7) is 0. The number of halogens is 2. The number of hydrogen-bond donors (Lipinski definition) is 1. The van der Waals surface area contributed by atoms with Crippen molar-refractivity contribution >= 4 is 17.9 Å². The minimum atomic E-state index is -3.62. The lowest BCUT2D eigenvalue weighted by atomic mass is 10.7. The van der Waals surface area contributed by atoms with E-state index in [2.05, 4.69) is 9.88 Å². The van der Waals surface area contributed by atoms with E-state index in [-0.39, 0.29) is 11.9 Å². The van der Waals surface area contributed by atoms with Gasteiger partial charge in [0.2, 0.25) is 0 Å². The Hall–Kier alpha value is -0.360. The molecule has 0 saturated heterocycles. The minimum absolute atomic E-state index is 0.348. The molecule has 0 aromatic rings. The first-order valence-electron chi connectivity index (χ1n) is 1.88. The van der Waals surface area contributed by atoms with Crippen LogP contribution in [0, 0.1) is 0 Å². The van der Waals surface area contributed by atoms with Gasteiger partial charge >= 0.3 is 11.2 Å². The Morgan fingerprint density at radius 3 is 2.33 bits per heavy atom. The van der Waals surface area contributed by atoms with E-state index in [1.54, 1.807) is 0 Å². The topological polar surface area (TPSA) is 52.3 Å². The van der Waals surface area contributed by atoms with Gasteiger partial charge in [-0.15, -0.1) is 0 Å². The predicted molar refractivity (Wildman–Crippen MR) is 28.7 cm³/mol. The molecule has 0 radical (unpaired) electrons. The molecular weight excluding hydrogens is 152 g/mol. The molecule has 0 unspecified atom stereocenters. The lowest BCUT2D eigenvalue weighted by Crippen LogP contribution is -2.27. The highest BCUT2D eigenvalue weighted by atomic mass is 32.2. The number of hydrogen-bond acceptors (Lipinski definition) is 4. The van der Waals surface area contributed by atoms with Gasteiger partial charge in [0.05, 0.1) is 7.11 Å². The number of nitrogens with two attached hydrogens (primary N) is 1. The van der Waals surface area contributed by atoms with Gasteiger partial charge in [0.1, 0.15) is 0 Å². The smallest absolute Gasteiger partial charge is 0.401 e. The molecule has 0 saturated carbocycles. The number of carbonyl (C=O) groups excluding carboxylic acids is 1. The molecule has 0 aliphatic heterocycles. The maximum absolute atomic E-state index is 11.9. The fourth-order valence-corrected chi connectivity index (χ4v) is 0.346. The first kappa shape index (κ1) is 8.64. The Balaban J connectivity index is 3.97. The van der Waals surface area contributed by atoms with Gasteiger partial charge < -0.3 is 4.74 Å². The van der Waals surface area contributed by atoms with Crippen LogP contribution in [0.5, 0.6) is 0 Å². The lowest BCUT2D eigenvalue weighted by molar-refractivity contribution is -0.156. The number of rotatable bonds is 2. The largest absolute Gasteiger partial charge is 0.464 e. The van der Waals surface area contributed by atoms with Crippen LogP contribution in [0.1, 0.15) is 0 Å². The summed E-state index contributed by atoms with van der Waals surface area (Å²) >= 11 is -0.348. The van der Waals surface area contributed by atoms with Gasteiger partial charge in [-0.3, -0.25) is 5.14 Å². The molecule has 54 valence electrons. The molecule has 6 heteroatoms. The molecule has 0 rings (SSSR count). The Morgan fingerprint density at radius 2 is 2.22 bits per heavy atom. The van der Waals surface area contributed by atoms with Crippen molar-refractivity contribution in [1.29, 1.82) is 0 Å². The zero-order chi connectivity index (χ0) is 7.49. The summed E-state index contributed by atoms with van der Waals surface area (Å²) in [6, 6.07) is 0. The average Bonchev–Trinajstić information content (AvgIpc) is 1.86.